The van der Waals surface area contributed by atoms with E-state index in [1.54, 1.807) is 0 Å². The Balaban J connectivity index is 1.75. The van der Waals surface area contributed by atoms with E-state index in [0.29, 0.717) is 6.04 Å². The van der Waals surface area contributed by atoms with Crippen molar-refractivity contribution in [1.29, 1.82) is 0 Å². The molecule has 1 atom stereocenters. The standard InChI is InChI=1S/C18H26N4O/c1-13(2)18-20-19-17(23-18)12-22-10-6-9-16(22)14-7-5-8-15(11-14)21(3)4/h5,7-8,11,13,16H,6,9-10,12H2,1-4H3. The largest absolute Gasteiger partial charge is 0.424 e. The van der Waals surface area contributed by atoms with Gasteiger partial charge in [-0.2, -0.15) is 0 Å². The minimum atomic E-state index is 0.280. The number of hydrogen-bond acceptors (Lipinski definition) is 5. The maximum absolute atomic E-state index is 5.78. The molecule has 0 bridgehead atoms. The number of aromatic nitrogens is 2. The zero-order chi connectivity index (χ0) is 16.4. The number of likely N-dealkylation sites (tertiary alicyclic amines) is 1. The van der Waals surface area contributed by atoms with Gasteiger partial charge in [0.2, 0.25) is 11.8 Å². The van der Waals surface area contributed by atoms with Crippen LogP contribution >= 0.6 is 0 Å². The van der Waals surface area contributed by atoms with Crippen LogP contribution in [0, 0.1) is 0 Å². The molecule has 0 spiro atoms. The minimum Gasteiger partial charge on any atom is -0.424 e. The third-order valence-electron chi connectivity index (χ3n) is 4.45. The van der Waals surface area contributed by atoms with Gasteiger partial charge in [0, 0.05) is 31.7 Å². The molecule has 0 aliphatic carbocycles. The van der Waals surface area contributed by atoms with E-state index < -0.39 is 0 Å². The molecular formula is C18H26N4O. The molecule has 1 saturated heterocycles. The molecular weight excluding hydrogens is 288 g/mol. The molecule has 1 aliphatic heterocycles. The van der Waals surface area contributed by atoms with Crippen molar-refractivity contribution in [3.63, 3.8) is 0 Å². The summed E-state index contributed by atoms with van der Waals surface area (Å²) >= 11 is 0. The van der Waals surface area contributed by atoms with Gasteiger partial charge in [0.15, 0.2) is 0 Å². The summed E-state index contributed by atoms with van der Waals surface area (Å²) in [7, 11) is 4.16. The summed E-state index contributed by atoms with van der Waals surface area (Å²) in [4.78, 5) is 4.60. The van der Waals surface area contributed by atoms with Gasteiger partial charge in [-0.05, 0) is 37.1 Å². The van der Waals surface area contributed by atoms with Crippen molar-refractivity contribution in [3.05, 3.63) is 41.6 Å². The molecule has 1 aromatic heterocycles. The second-order valence-electron chi connectivity index (χ2n) is 6.81. The molecule has 124 valence electrons. The summed E-state index contributed by atoms with van der Waals surface area (Å²) in [5, 5.41) is 8.35. The molecule has 0 N–H and O–H groups in total. The maximum atomic E-state index is 5.78. The Morgan fingerprint density at radius 2 is 2.13 bits per heavy atom. The Hall–Kier alpha value is -1.88. The summed E-state index contributed by atoms with van der Waals surface area (Å²) in [5.41, 5.74) is 2.62. The van der Waals surface area contributed by atoms with Crippen molar-refractivity contribution in [2.24, 2.45) is 0 Å². The van der Waals surface area contributed by atoms with Crippen LogP contribution in [0.1, 0.15) is 56.0 Å². The van der Waals surface area contributed by atoms with Gasteiger partial charge < -0.3 is 9.32 Å². The van der Waals surface area contributed by atoms with Gasteiger partial charge in [0.25, 0.3) is 0 Å². The highest BCUT2D eigenvalue weighted by molar-refractivity contribution is 5.48. The molecule has 2 aromatic rings. The Kier molecular flexibility index (Phi) is 4.66. The van der Waals surface area contributed by atoms with Crippen molar-refractivity contribution in [2.75, 3.05) is 25.5 Å². The minimum absolute atomic E-state index is 0.280. The molecule has 5 heteroatoms. The van der Waals surface area contributed by atoms with E-state index in [1.807, 2.05) is 0 Å². The van der Waals surface area contributed by atoms with E-state index in [2.05, 4.69) is 72.2 Å². The SMILES string of the molecule is CC(C)c1nnc(CN2CCCC2c2cccc(N(C)C)c2)o1. The molecule has 1 aromatic carbocycles. The van der Waals surface area contributed by atoms with Crippen LogP contribution in [0.4, 0.5) is 5.69 Å². The Morgan fingerprint density at radius 3 is 2.83 bits per heavy atom. The first kappa shape index (κ1) is 16.0. The van der Waals surface area contributed by atoms with Crippen molar-refractivity contribution in [1.82, 2.24) is 15.1 Å². The van der Waals surface area contributed by atoms with Gasteiger partial charge in [-0.3, -0.25) is 4.90 Å². The monoisotopic (exact) mass is 314 g/mol. The van der Waals surface area contributed by atoms with E-state index in [9.17, 15) is 0 Å². The van der Waals surface area contributed by atoms with E-state index in [4.69, 9.17) is 4.42 Å². The van der Waals surface area contributed by atoms with E-state index in [0.717, 1.165) is 24.9 Å². The number of benzene rings is 1. The molecule has 0 saturated carbocycles. The van der Waals surface area contributed by atoms with Crippen LogP contribution in [0.5, 0.6) is 0 Å². The fraction of sp³-hybridized carbons (Fsp3) is 0.556. The van der Waals surface area contributed by atoms with Crippen molar-refractivity contribution in [2.45, 2.75) is 45.2 Å². The van der Waals surface area contributed by atoms with Crippen LogP contribution in [0.2, 0.25) is 0 Å². The Labute approximate surface area is 138 Å². The van der Waals surface area contributed by atoms with Crippen molar-refractivity contribution in [3.8, 4) is 0 Å². The van der Waals surface area contributed by atoms with Gasteiger partial charge in [-0.15, -0.1) is 10.2 Å². The molecule has 1 fully saturated rings. The lowest BCUT2D eigenvalue weighted by atomic mass is 10.0. The van der Waals surface area contributed by atoms with Gasteiger partial charge in [0.05, 0.1) is 6.54 Å². The molecule has 2 heterocycles. The lowest BCUT2D eigenvalue weighted by Crippen LogP contribution is -2.23. The van der Waals surface area contributed by atoms with Gasteiger partial charge in [-0.1, -0.05) is 26.0 Å². The average Bonchev–Trinajstić information content (AvgIpc) is 3.17. The third-order valence-corrected chi connectivity index (χ3v) is 4.45. The first-order valence-electron chi connectivity index (χ1n) is 8.38. The van der Waals surface area contributed by atoms with Crippen LogP contribution in [-0.2, 0) is 6.54 Å². The smallest absolute Gasteiger partial charge is 0.230 e. The summed E-state index contributed by atoms with van der Waals surface area (Å²) in [5.74, 6) is 1.73. The predicted octanol–water partition coefficient (Wildman–Crippen LogP) is 3.60. The Bertz CT molecular complexity index is 650. The number of hydrogen-bond donors (Lipinski definition) is 0. The number of rotatable bonds is 5. The van der Waals surface area contributed by atoms with Crippen molar-refractivity contribution < 1.29 is 4.42 Å². The zero-order valence-electron chi connectivity index (χ0n) is 14.5. The van der Waals surface area contributed by atoms with E-state index >= 15 is 0 Å². The second kappa shape index (κ2) is 6.71. The fourth-order valence-electron chi connectivity index (χ4n) is 3.14. The highest BCUT2D eigenvalue weighted by Gasteiger charge is 2.27. The van der Waals surface area contributed by atoms with Crippen LogP contribution in [0.3, 0.4) is 0 Å². The third kappa shape index (κ3) is 3.55. The van der Waals surface area contributed by atoms with E-state index in [1.165, 1.54) is 24.1 Å². The van der Waals surface area contributed by atoms with Gasteiger partial charge >= 0.3 is 0 Å². The Morgan fingerprint density at radius 1 is 1.30 bits per heavy atom. The maximum Gasteiger partial charge on any atom is 0.230 e. The molecule has 1 unspecified atom stereocenters. The van der Waals surface area contributed by atoms with Crippen molar-refractivity contribution >= 4 is 5.69 Å². The van der Waals surface area contributed by atoms with Crippen LogP contribution in [-0.4, -0.2) is 35.7 Å². The van der Waals surface area contributed by atoms with Gasteiger partial charge in [-0.25, -0.2) is 0 Å². The highest BCUT2D eigenvalue weighted by Crippen LogP contribution is 2.34. The zero-order valence-corrected chi connectivity index (χ0v) is 14.5. The van der Waals surface area contributed by atoms with Crippen LogP contribution in [0.25, 0.3) is 0 Å². The lowest BCUT2D eigenvalue weighted by molar-refractivity contribution is 0.220. The molecule has 23 heavy (non-hydrogen) atoms. The van der Waals surface area contributed by atoms with E-state index in [-0.39, 0.29) is 5.92 Å². The first-order chi connectivity index (χ1) is 11.0. The summed E-state index contributed by atoms with van der Waals surface area (Å²) < 4.78 is 5.78. The molecule has 0 radical (unpaired) electrons. The molecule has 1 aliphatic rings. The quantitative estimate of drug-likeness (QED) is 0.844. The van der Waals surface area contributed by atoms with Crippen LogP contribution < -0.4 is 4.90 Å². The lowest BCUT2D eigenvalue weighted by Gasteiger charge is -2.24. The van der Waals surface area contributed by atoms with Crippen LogP contribution in [0.15, 0.2) is 28.7 Å². The normalized spacial score (nSPS) is 18.7. The highest BCUT2D eigenvalue weighted by atomic mass is 16.4. The molecule has 0 amide bonds. The number of anilines is 1. The first-order valence-corrected chi connectivity index (χ1v) is 8.38. The molecule has 5 nitrogen and oxygen atoms in total. The number of nitrogens with zero attached hydrogens (tertiary/aromatic N) is 4. The predicted molar refractivity (Wildman–Crippen MR) is 91.5 cm³/mol. The topological polar surface area (TPSA) is 45.4 Å². The summed E-state index contributed by atoms with van der Waals surface area (Å²) in [6, 6.07) is 9.24. The molecule has 3 rings (SSSR count). The fourth-order valence-corrected chi connectivity index (χ4v) is 3.14. The summed E-state index contributed by atoms with van der Waals surface area (Å²) in [6.45, 7) is 5.96. The second-order valence-corrected chi connectivity index (χ2v) is 6.81. The summed E-state index contributed by atoms with van der Waals surface area (Å²) in [6.07, 6.45) is 2.39. The average molecular weight is 314 g/mol. The van der Waals surface area contributed by atoms with Gasteiger partial charge in [0.1, 0.15) is 0 Å².